The van der Waals surface area contributed by atoms with E-state index in [-0.39, 0.29) is 11.3 Å². The van der Waals surface area contributed by atoms with Gasteiger partial charge in [0.2, 0.25) is 0 Å². The fourth-order valence-electron chi connectivity index (χ4n) is 1.78. The summed E-state index contributed by atoms with van der Waals surface area (Å²) in [5, 5.41) is 7.47. The summed E-state index contributed by atoms with van der Waals surface area (Å²) in [6.45, 7) is 4.76. The van der Waals surface area contributed by atoms with Gasteiger partial charge in [-0.3, -0.25) is 19.8 Å². The van der Waals surface area contributed by atoms with Crippen LogP contribution in [-0.4, -0.2) is 29.3 Å². The molecule has 0 saturated carbocycles. The molecule has 0 bridgehead atoms. The number of carbonyl (C=O) groups is 1. The number of H-pyrrole nitrogens is 2. The first kappa shape index (κ1) is 14.7. The summed E-state index contributed by atoms with van der Waals surface area (Å²) in [6, 6.07) is 6.30. The Morgan fingerprint density at radius 2 is 1.81 bits per heavy atom. The number of nitrogens with one attached hydrogen (secondary N) is 3. The minimum atomic E-state index is -0.417. The smallest absolute Gasteiger partial charge is 0.273 e. The minimum Gasteiger partial charge on any atom is -0.490 e. The van der Waals surface area contributed by atoms with Gasteiger partial charge in [-0.1, -0.05) is 0 Å². The first-order valence-electron chi connectivity index (χ1n) is 6.62. The van der Waals surface area contributed by atoms with Crippen molar-refractivity contribution >= 4 is 11.6 Å². The van der Waals surface area contributed by atoms with Gasteiger partial charge in [-0.25, -0.2) is 0 Å². The lowest BCUT2D eigenvalue weighted by molar-refractivity contribution is 0.102. The zero-order valence-electron chi connectivity index (χ0n) is 11.9. The summed E-state index contributed by atoms with van der Waals surface area (Å²) in [7, 11) is 0. The number of hydrogen-bond donors (Lipinski definition) is 3. The van der Waals surface area contributed by atoms with E-state index in [9.17, 15) is 9.59 Å². The van der Waals surface area contributed by atoms with Crippen molar-refractivity contribution in [2.24, 2.45) is 0 Å². The minimum absolute atomic E-state index is 0.159. The van der Waals surface area contributed by atoms with Crippen molar-refractivity contribution in [3.05, 3.63) is 40.3 Å². The van der Waals surface area contributed by atoms with E-state index in [0.717, 1.165) is 0 Å². The maximum Gasteiger partial charge on any atom is 0.273 e. The number of carbonyl (C=O) groups excluding carboxylic acids is 1. The second kappa shape index (κ2) is 6.65. The van der Waals surface area contributed by atoms with E-state index >= 15 is 0 Å². The molecule has 0 spiro atoms. The van der Waals surface area contributed by atoms with Gasteiger partial charge >= 0.3 is 0 Å². The Morgan fingerprint density at radius 3 is 2.43 bits per heavy atom. The van der Waals surface area contributed by atoms with Crippen molar-refractivity contribution < 1.29 is 14.3 Å². The molecule has 2 rings (SSSR count). The molecule has 1 amide bonds. The van der Waals surface area contributed by atoms with Crippen LogP contribution in [0.5, 0.6) is 11.5 Å². The predicted molar refractivity (Wildman–Crippen MR) is 78.1 cm³/mol. The number of ether oxygens (including phenoxy) is 2. The lowest BCUT2D eigenvalue weighted by atomic mass is 10.2. The Hall–Kier alpha value is -2.70. The van der Waals surface area contributed by atoms with Gasteiger partial charge in [-0.15, -0.1) is 0 Å². The highest BCUT2D eigenvalue weighted by Crippen LogP contribution is 2.30. The van der Waals surface area contributed by atoms with E-state index in [1.807, 2.05) is 13.8 Å². The van der Waals surface area contributed by atoms with Crippen molar-refractivity contribution in [3.63, 3.8) is 0 Å². The molecule has 1 aromatic heterocycles. The second-order valence-electron chi connectivity index (χ2n) is 4.15. The monoisotopic (exact) mass is 291 g/mol. The quantitative estimate of drug-likeness (QED) is 0.755. The van der Waals surface area contributed by atoms with E-state index in [4.69, 9.17) is 9.47 Å². The molecule has 0 aliphatic carbocycles. The molecule has 0 saturated heterocycles. The summed E-state index contributed by atoms with van der Waals surface area (Å²) in [4.78, 5) is 22.9. The zero-order chi connectivity index (χ0) is 15.2. The summed E-state index contributed by atoms with van der Waals surface area (Å²) < 4.78 is 10.9. The standard InChI is InChI=1S/C14H17N3O4/c1-3-20-11-6-5-9(7-12(11)21-4-2)15-14(19)10-8-13(18)17-16-10/h5-8H,3-4H2,1-2H3,(H,15,19)(H2,16,17,18). The van der Waals surface area contributed by atoms with Gasteiger partial charge in [0.05, 0.1) is 13.2 Å². The Balaban J connectivity index is 2.18. The maximum atomic E-state index is 11.9. The van der Waals surface area contributed by atoms with Gasteiger partial charge in [0.1, 0.15) is 5.69 Å². The Kier molecular flexibility index (Phi) is 4.65. The molecule has 0 unspecified atom stereocenters. The van der Waals surface area contributed by atoms with Crippen LogP contribution in [0.15, 0.2) is 29.1 Å². The number of anilines is 1. The number of amides is 1. The third-order valence-corrected chi connectivity index (χ3v) is 2.64. The van der Waals surface area contributed by atoms with Crippen LogP contribution in [0.25, 0.3) is 0 Å². The summed E-state index contributed by atoms with van der Waals surface area (Å²) in [5.41, 5.74) is 0.350. The molecular formula is C14H17N3O4. The zero-order valence-corrected chi connectivity index (χ0v) is 11.9. The van der Waals surface area contributed by atoms with Crippen molar-refractivity contribution in [1.82, 2.24) is 10.2 Å². The lowest BCUT2D eigenvalue weighted by Gasteiger charge is -2.12. The van der Waals surface area contributed by atoms with Crippen LogP contribution >= 0.6 is 0 Å². The molecule has 0 atom stereocenters. The predicted octanol–water partition coefficient (Wildman–Crippen LogP) is 1.75. The molecule has 112 valence electrons. The third-order valence-electron chi connectivity index (χ3n) is 2.64. The molecular weight excluding hydrogens is 274 g/mol. The first-order chi connectivity index (χ1) is 10.1. The highest BCUT2D eigenvalue weighted by molar-refractivity contribution is 6.02. The number of hydrogen-bond acceptors (Lipinski definition) is 4. The molecule has 7 nitrogen and oxygen atoms in total. The second-order valence-corrected chi connectivity index (χ2v) is 4.15. The van der Waals surface area contributed by atoms with E-state index < -0.39 is 5.91 Å². The van der Waals surface area contributed by atoms with Crippen molar-refractivity contribution in [2.75, 3.05) is 18.5 Å². The van der Waals surface area contributed by atoms with E-state index in [1.54, 1.807) is 18.2 Å². The average Bonchev–Trinajstić information content (AvgIpc) is 2.89. The first-order valence-corrected chi connectivity index (χ1v) is 6.62. The van der Waals surface area contributed by atoms with Gasteiger partial charge in [-0.2, -0.15) is 0 Å². The molecule has 1 heterocycles. The van der Waals surface area contributed by atoms with Crippen LogP contribution in [0.4, 0.5) is 5.69 Å². The van der Waals surface area contributed by atoms with Crippen LogP contribution in [0.3, 0.4) is 0 Å². The summed E-state index contributed by atoms with van der Waals surface area (Å²) in [6.07, 6.45) is 0. The van der Waals surface area contributed by atoms with Crippen LogP contribution < -0.4 is 20.3 Å². The average molecular weight is 291 g/mol. The lowest BCUT2D eigenvalue weighted by Crippen LogP contribution is -2.12. The molecule has 0 aliphatic heterocycles. The molecule has 21 heavy (non-hydrogen) atoms. The van der Waals surface area contributed by atoms with E-state index in [2.05, 4.69) is 15.5 Å². The fourth-order valence-corrected chi connectivity index (χ4v) is 1.78. The number of aromatic nitrogens is 2. The van der Waals surface area contributed by atoms with E-state index in [0.29, 0.717) is 30.4 Å². The Bertz CT molecular complexity index is 675. The Labute approximate surface area is 121 Å². The van der Waals surface area contributed by atoms with Gasteiger partial charge in [0, 0.05) is 17.8 Å². The molecule has 0 aliphatic rings. The molecule has 0 radical (unpaired) electrons. The van der Waals surface area contributed by atoms with E-state index in [1.165, 1.54) is 6.07 Å². The molecule has 0 fully saturated rings. The van der Waals surface area contributed by atoms with Crippen molar-refractivity contribution in [2.45, 2.75) is 13.8 Å². The largest absolute Gasteiger partial charge is 0.490 e. The SMILES string of the molecule is CCOc1ccc(NC(=O)c2cc(=O)[nH][nH]2)cc1OCC. The number of aromatic amines is 2. The van der Waals surface area contributed by atoms with Gasteiger partial charge < -0.3 is 14.8 Å². The van der Waals surface area contributed by atoms with Crippen LogP contribution in [0, 0.1) is 0 Å². The van der Waals surface area contributed by atoms with Gasteiger partial charge in [0.25, 0.3) is 11.5 Å². The fraction of sp³-hybridized carbons (Fsp3) is 0.286. The molecule has 2 aromatic rings. The van der Waals surface area contributed by atoms with Crippen molar-refractivity contribution in [1.29, 1.82) is 0 Å². The van der Waals surface area contributed by atoms with Crippen LogP contribution in [-0.2, 0) is 0 Å². The van der Waals surface area contributed by atoms with Gasteiger partial charge in [-0.05, 0) is 26.0 Å². The maximum absolute atomic E-state index is 11.9. The third kappa shape index (κ3) is 3.65. The van der Waals surface area contributed by atoms with Gasteiger partial charge in [0.15, 0.2) is 11.5 Å². The highest BCUT2D eigenvalue weighted by Gasteiger charge is 2.11. The summed E-state index contributed by atoms with van der Waals surface area (Å²) in [5.74, 6) is 0.757. The molecule has 1 aromatic carbocycles. The van der Waals surface area contributed by atoms with Crippen molar-refractivity contribution in [3.8, 4) is 11.5 Å². The number of rotatable bonds is 6. The molecule has 7 heteroatoms. The Morgan fingerprint density at radius 1 is 1.10 bits per heavy atom. The normalized spacial score (nSPS) is 10.2. The van der Waals surface area contributed by atoms with Crippen LogP contribution in [0.2, 0.25) is 0 Å². The highest BCUT2D eigenvalue weighted by atomic mass is 16.5. The number of benzene rings is 1. The van der Waals surface area contributed by atoms with Crippen LogP contribution in [0.1, 0.15) is 24.3 Å². The summed E-state index contributed by atoms with van der Waals surface area (Å²) >= 11 is 0. The molecule has 3 N–H and O–H groups in total. The topological polar surface area (TPSA) is 96.2 Å².